The molecule has 130 valence electrons. The lowest BCUT2D eigenvalue weighted by Crippen LogP contribution is -2.48. The molecule has 4 rings (SSSR count). The molecule has 2 aliphatic heterocycles. The second kappa shape index (κ2) is 6.15. The zero-order chi connectivity index (χ0) is 17.6. The van der Waals surface area contributed by atoms with Gasteiger partial charge in [0.2, 0.25) is 5.91 Å². The molecule has 25 heavy (non-hydrogen) atoms. The number of hydrogen-bond acceptors (Lipinski definition) is 4. The summed E-state index contributed by atoms with van der Waals surface area (Å²) in [6.45, 7) is 3.55. The van der Waals surface area contributed by atoms with Crippen LogP contribution in [0.15, 0.2) is 34.4 Å². The van der Waals surface area contributed by atoms with Crippen LogP contribution in [0.4, 0.5) is 5.69 Å². The Morgan fingerprint density at radius 2 is 2.04 bits per heavy atom. The lowest BCUT2D eigenvalue weighted by atomic mass is 9.83. The Labute approximate surface area is 149 Å². The number of likely N-dealkylation sites (tertiary alicyclic amines) is 1. The maximum Gasteiger partial charge on any atom is 0.274 e. The molecule has 1 saturated heterocycles. The van der Waals surface area contributed by atoms with Crippen LogP contribution in [0.25, 0.3) is 0 Å². The molecule has 0 aromatic carbocycles. The summed E-state index contributed by atoms with van der Waals surface area (Å²) in [7, 11) is 0. The summed E-state index contributed by atoms with van der Waals surface area (Å²) in [5.41, 5.74) is 1.11. The van der Waals surface area contributed by atoms with Gasteiger partial charge < -0.3 is 14.8 Å². The van der Waals surface area contributed by atoms with Crippen molar-refractivity contribution in [3.8, 4) is 0 Å². The van der Waals surface area contributed by atoms with Gasteiger partial charge in [0, 0.05) is 38.2 Å². The van der Waals surface area contributed by atoms with E-state index in [-0.39, 0.29) is 29.2 Å². The zero-order valence-corrected chi connectivity index (χ0v) is 14.7. The van der Waals surface area contributed by atoms with Crippen molar-refractivity contribution in [1.29, 1.82) is 0 Å². The van der Waals surface area contributed by atoms with Crippen LogP contribution in [-0.2, 0) is 11.3 Å². The summed E-state index contributed by atoms with van der Waals surface area (Å²) in [6.07, 6.45) is 1.00. The van der Waals surface area contributed by atoms with Crippen LogP contribution in [0.2, 0.25) is 0 Å². The van der Waals surface area contributed by atoms with Crippen molar-refractivity contribution in [2.24, 2.45) is 5.92 Å². The molecule has 1 N–H and O–H groups in total. The molecular formula is C18H19N3O3S. The highest BCUT2D eigenvalue weighted by Crippen LogP contribution is 2.35. The molecular weight excluding hydrogens is 338 g/mol. The molecule has 7 heteroatoms. The first-order valence-corrected chi connectivity index (χ1v) is 9.25. The van der Waals surface area contributed by atoms with Crippen molar-refractivity contribution < 1.29 is 9.59 Å². The van der Waals surface area contributed by atoms with E-state index in [1.807, 2.05) is 16.3 Å². The van der Waals surface area contributed by atoms with E-state index in [1.54, 1.807) is 29.7 Å². The SMILES string of the molecule is CC(=O)N1CC2CC(C1)c1ccc(NC(=O)c3cccs3)c(=O)n1C2. The van der Waals surface area contributed by atoms with Gasteiger partial charge in [0.15, 0.2) is 0 Å². The largest absolute Gasteiger partial charge is 0.342 e. The molecule has 0 saturated carbocycles. The lowest BCUT2D eigenvalue weighted by Gasteiger charge is -2.42. The highest BCUT2D eigenvalue weighted by Gasteiger charge is 2.35. The average Bonchev–Trinajstić information content (AvgIpc) is 3.12. The Morgan fingerprint density at radius 1 is 1.20 bits per heavy atom. The summed E-state index contributed by atoms with van der Waals surface area (Å²) in [5, 5.41) is 4.56. The van der Waals surface area contributed by atoms with Crippen LogP contribution >= 0.6 is 11.3 Å². The minimum Gasteiger partial charge on any atom is -0.342 e. The molecule has 2 atom stereocenters. The Kier molecular flexibility index (Phi) is 3.95. The molecule has 2 aromatic rings. The van der Waals surface area contributed by atoms with Crippen molar-refractivity contribution >= 4 is 28.8 Å². The van der Waals surface area contributed by atoms with Crippen molar-refractivity contribution in [2.75, 3.05) is 18.4 Å². The van der Waals surface area contributed by atoms with Gasteiger partial charge in [-0.05, 0) is 35.9 Å². The summed E-state index contributed by atoms with van der Waals surface area (Å²) in [5.74, 6) is 0.305. The summed E-state index contributed by atoms with van der Waals surface area (Å²) in [4.78, 5) is 39.2. The number of aromatic nitrogens is 1. The fourth-order valence-electron chi connectivity index (χ4n) is 3.89. The van der Waals surface area contributed by atoms with Gasteiger partial charge in [-0.15, -0.1) is 11.3 Å². The Balaban J connectivity index is 1.63. The predicted octanol–water partition coefficient (Wildman–Crippen LogP) is 2.13. The minimum absolute atomic E-state index is 0.0883. The Bertz CT molecular complexity index is 887. The summed E-state index contributed by atoms with van der Waals surface area (Å²) in [6, 6.07) is 7.14. The van der Waals surface area contributed by atoms with Crippen LogP contribution in [-0.4, -0.2) is 34.4 Å². The fraction of sp³-hybridized carbons (Fsp3) is 0.389. The number of amides is 2. The topological polar surface area (TPSA) is 71.4 Å². The first kappa shape index (κ1) is 16.1. The number of pyridine rings is 1. The van der Waals surface area contributed by atoms with Gasteiger partial charge in [0.1, 0.15) is 5.69 Å². The summed E-state index contributed by atoms with van der Waals surface area (Å²) < 4.78 is 1.78. The van der Waals surface area contributed by atoms with Gasteiger partial charge in [-0.2, -0.15) is 0 Å². The lowest BCUT2D eigenvalue weighted by molar-refractivity contribution is -0.131. The molecule has 6 nitrogen and oxygen atoms in total. The molecule has 0 spiro atoms. The molecule has 4 heterocycles. The third-order valence-corrected chi connectivity index (χ3v) is 5.91. The highest BCUT2D eigenvalue weighted by molar-refractivity contribution is 7.12. The van der Waals surface area contributed by atoms with Crippen LogP contribution in [0, 0.1) is 5.92 Å². The standard InChI is InChI=1S/C18H19N3O3S/c1-11(22)20-8-12-7-13(10-20)15-5-4-14(18(24)21(15)9-12)19-17(23)16-3-2-6-25-16/h2-6,12-13H,7-10H2,1H3,(H,19,23). The van der Waals surface area contributed by atoms with Gasteiger partial charge in [-0.25, -0.2) is 0 Å². The normalized spacial score (nSPS) is 21.6. The van der Waals surface area contributed by atoms with Crippen molar-refractivity contribution in [3.05, 3.63) is 50.6 Å². The van der Waals surface area contributed by atoms with Gasteiger partial charge >= 0.3 is 0 Å². The molecule has 2 aliphatic rings. The fourth-order valence-corrected chi connectivity index (χ4v) is 4.51. The van der Waals surface area contributed by atoms with E-state index in [0.717, 1.165) is 12.1 Å². The van der Waals surface area contributed by atoms with Crippen LogP contribution in [0.5, 0.6) is 0 Å². The van der Waals surface area contributed by atoms with Crippen molar-refractivity contribution in [2.45, 2.75) is 25.8 Å². The molecule has 2 unspecified atom stereocenters. The number of carbonyl (C=O) groups excluding carboxylic acids is 2. The van der Waals surface area contributed by atoms with Gasteiger partial charge in [-0.1, -0.05) is 6.07 Å². The quantitative estimate of drug-likeness (QED) is 0.895. The first-order chi connectivity index (χ1) is 12.0. The monoisotopic (exact) mass is 357 g/mol. The van der Waals surface area contributed by atoms with Gasteiger partial charge in [0.05, 0.1) is 4.88 Å². The van der Waals surface area contributed by atoms with Gasteiger partial charge in [0.25, 0.3) is 11.5 Å². The molecule has 0 radical (unpaired) electrons. The number of nitrogens with one attached hydrogen (secondary N) is 1. The number of anilines is 1. The van der Waals surface area contributed by atoms with Crippen molar-refractivity contribution in [3.63, 3.8) is 0 Å². The number of hydrogen-bond donors (Lipinski definition) is 1. The molecule has 0 aliphatic carbocycles. The third-order valence-electron chi connectivity index (χ3n) is 5.04. The Morgan fingerprint density at radius 3 is 2.76 bits per heavy atom. The molecule has 2 bridgehead atoms. The average molecular weight is 357 g/mol. The van der Waals surface area contributed by atoms with Crippen LogP contribution < -0.4 is 10.9 Å². The van der Waals surface area contributed by atoms with Crippen molar-refractivity contribution in [1.82, 2.24) is 9.47 Å². The number of nitrogens with zero attached hydrogens (tertiary/aromatic N) is 2. The van der Waals surface area contributed by atoms with E-state index < -0.39 is 0 Å². The minimum atomic E-state index is -0.258. The van der Waals surface area contributed by atoms with E-state index in [2.05, 4.69) is 5.32 Å². The maximum absolute atomic E-state index is 12.8. The predicted molar refractivity (Wildman–Crippen MR) is 96.1 cm³/mol. The number of piperidine rings is 1. The highest BCUT2D eigenvalue weighted by atomic mass is 32.1. The van der Waals surface area contributed by atoms with Gasteiger partial charge in [-0.3, -0.25) is 14.4 Å². The number of thiophene rings is 1. The number of fused-ring (bicyclic) bond motifs is 4. The first-order valence-electron chi connectivity index (χ1n) is 8.37. The third kappa shape index (κ3) is 2.89. The second-order valence-electron chi connectivity index (χ2n) is 6.74. The molecule has 2 aromatic heterocycles. The molecule has 2 amide bonds. The van der Waals surface area contributed by atoms with E-state index in [1.165, 1.54) is 11.3 Å². The van der Waals surface area contributed by atoms with E-state index in [4.69, 9.17) is 0 Å². The Hall–Kier alpha value is -2.41. The van der Waals surface area contributed by atoms with E-state index in [9.17, 15) is 14.4 Å². The van der Waals surface area contributed by atoms with Crippen LogP contribution in [0.3, 0.4) is 0 Å². The maximum atomic E-state index is 12.8. The second-order valence-corrected chi connectivity index (χ2v) is 7.69. The van der Waals surface area contributed by atoms with E-state index in [0.29, 0.717) is 30.2 Å². The molecule has 1 fully saturated rings. The smallest absolute Gasteiger partial charge is 0.274 e. The van der Waals surface area contributed by atoms with E-state index >= 15 is 0 Å². The number of rotatable bonds is 2. The summed E-state index contributed by atoms with van der Waals surface area (Å²) >= 11 is 1.34. The number of carbonyl (C=O) groups is 2. The van der Waals surface area contributed by atoms with Crippen LogP contribution in [0.1, 0.15) is 34.6 Å². The zero-order valence-electron chi connectivity index (χ0n) is 13.9.